The van der Waals surface area contributed by atoms with E-state index in [0.717, 1.165) is 85.3 Å². The first-order valence-electron chi connectivity index (χ1n) is 52.9. The van der Waals surface area contributed by atoms with Gasteiger partial charge in [-0.3, -0.25) is 14.5 Å². The van der Waals surface area contributed by atoms with E-state index in [-0.39, 0.29) is 17.7 Å². The second-order valence-corrected chi connectivity index (χ2v) is 38.5. The molecular formula is C122H171NO2. The molecule has 10 rings (SSSR count). The minimum absolute atomic E-state index is 0.169. The molecule has 0 radical (unpaired) electrons. The number of imide groups is 1. The van der Waals surface area contributed by atoms with Gasteiger partial charge in [0.05, 0.1) is 0 Å². The van der Waals surface area contributed by atoms with Gasteiger partial charge in [0.1, 0.15) is 0 Å². The molecule has 0 saturated heterocycles. The van der Waals surface area contributed by atoms with Crippen molar-refractivity contribution in [3.8, 4) is 77.9 Å². The molecule has 1 heterocycles. The van der Waals surface area contributed by atoms with Crippen LogP contribution in [0.3, 0.4) is 0 Å². The van der Waals surface area contributed by atoms with Crippen molar-refractivity contribution < 1.29 is 9.59 Å². The first-order chi connectivity index (χ1) is 61.7. The molecule has 0 aromatic heterocycles. The smallest absolute Gasteiger partial charge is 0.261 e. The Bertz CT molecular complexity index is 4260. The molecule has 2 amide bonds. The summed E-state index contributed by atoms with van der Waals surface area (Å²) in [6.45, 7) is 16.5. The molecule has 1 aliphatic rings. The molecule has 0 aliphatic carbocycles. The zero-order chi connectivity index (χ0) is 87.5. The van der Waals surface area contributed by atoms with Gasteiger partial charge in [-0.1, -0.05) is 520 Å². The van der Waals surface area contributed by atoms with Gasteiger partial charge < -0.3 is 0 Å². The Labute approximate surface area is 764 Å². The maximum Gasteiger partial charge on any atom is 0.261 e. The molecule has 3 heteroatoms. The molecular weight excluding hydrogens is 1510 g/mol. The van der Waals surface area contributed by atoms with Crippen molar-refractivity contribution in [3.05, 3.63) is 215 Å². The lowest BCUT2D eigenvalue weighted by atomic mass is 9.73. The molecule has 0 saturated carbocycles. The van der Waals surface area contributed by atoms with Gasteiger partial charge in [-0.15, -0.1) is 0 Å². The molecule has 0 N–H and O–H groups in total. The normalized spacial score (nSPS) is 12.4. The van der Waals surface area contributed by atoms with Crippen LogP contribution in [0.15, 0.2) is 176 Å². The summed E-state index contributed by atoms with van der Waals surface area (Å²) in [4.78, 5) is 31.2. The number of rotatable bonds is 68. The maximum atomic E-state index is 14.8. The number of hydrogen-bond donors (Lipinski definition) is 0. The minimum Gasteiger partial charge on any atom is -0.274 e. The van der Waals surface area contributed by atoms with Crippen molar-refractivity contribution in [1.29, 1.82) is 0 Å². The third kappa shape index (κ3) is 32.2. The number of carbonyl (C=O) groups excluding carboxylic acids is 2. The van der Waals surface area contributed by atoms with Crippen molar-refractivity contribution in [2.24, 2.45) is 5.92 Å². The molecule has 1 aliphatic heterocycles. The van der Waals surface area contributed by atoms with Gasteiger partial charge >= 0.3 is 0 Å². The lowest BCUT2D eigenvalue weighted by Crippen LogP contribution is -2.43. The highest BCUT2D eigenvalue weighted by atomic mass is 16.2. The lowest BCUT2D eigenvalue weighted by molar-refractivity contribution is 0.0580. The van der Waals surface area contributed by atoms with Crippen LogP contribution in [0, 0.1) is 5.92 Å². The fourth-order valence-electron chi connectivity index (χ4n) is 20.3. The minimum atomic E-state index is -0.169. The highest BCUT2D eigenvalue weighted by molar-refractivity contribution is 6.27. The van der Waals surface area contributed by atoms with Gasteiger partial charge in [0.2, 0.25) is 0 Å². The molecule has 1 atom stereocenters. The van der Waals surface area contributed by atoms with Crippen molar-refractivity contribution >= 4 is 22.6 Å². The summed E-state index contributed by atoms with van der Waals surface area (Å²) in [5, 5.41) is 1.72. The number of aryl methyl sites for hydroxylation is 5. The van der Waals surface area contributed by atoms with Crippen LogP contribution in [-0.2, 0) is 32.1 Å². The van der Waals surface area contributed by atoms with Crippen LogP contribution in [0.5, 0.6) is 0 Å². The SMILES string of the molecule is CCCCCCCCCCCCc1ccc(-c2c(-c3ccc(CCCCCCCCCCCC)cc3)c(-c3ccc(CCCCCCCCCCCC)cc3)c(-c3ccc(-c4ccc5c6c(cccc46)C(=O)N(CC(CC)CCCC)C5=O)cc3)c(-c3ccc(CCCCCCCCCCCC)cc3)c2-c2ccc(CCCCCCCCCCCC)cc2)cc1. The molecule has 125 heavy (non-hydrogen) atoms. The standard InChI is InChI=1S/C122H171NO2/c1-8-15-21-26-31-36-41-46-51-56-63-98-70-80-104(81-71-98)114-115(105-82-72-99(73-83-105)64-57-52-47-42-37-32-27-22-16-9-2)117(107-86-76-101(77-87-107)66-59-54-49-44-39-34-29-24-18-11-4)119(109-92-90-103(91-93-109)110-94-95-113-120-111(110)68-61-69-112(120)121(124)123(122(113)125)96-97(14-7)62-20-13-6)118(108-88-78-102(79-89-108)67-60-55-50-45-40-35-30-25-19-12-5)116(114)106-84-74-100(75-85-106)65-58-53-48-43-38-33-28-23-17-10-3/h61,68-95,97H,8-60,62-67,96H2,1-7H3. The Balaban J connectivity index is 1.16. The van der Waals surface area contributed by atoms with E-state index in [1.807, 2.05) is 18.2 Å². The predicted molar refractivity (Wildman–Crippen MR) is 548 cm³/mol. The highest BCUT2D eigenvalue weighted by Crippen LogP contribution is 2.57. The van der Waals surface area contributed by atoms with Crippen molar-refractivity contribution in [3.63, 3.8) is 0 Å². The summed E-state index contributed by atoms with van der Waals surface area (Å²) < 4.78 is 0. The average molecular weight is 1680 g/mol. The maximum absolute atomic E-state index is 14.8. The van der Waals surface area contributed by atoms with Crippen LogP contribution < -0.4 is 0 Å². The van der Waals surface area contributed by atoms with Crippen LogP contribution in [-0.4, -0.2) is 23.3 Å². The van der Waals surface area contributed by atoms with Gasteiger partial charge in [-0.25, -0.2) is 0 Å². The lowest BCUT2D eigenvalue weighted by Gasteiger charge is -2.30. The average Bonchev–Trinajstić information content (AvgIpc) is 0.713. The molecule has 3 nitrogen and oxygen atoms in total. The summed E-state index contributed by atoms with van der Waals surface area (Å²) in [5.74, 6) is -0.0678. The van der Waals surface area contributed by atoms with Crippen molar-refractivity contribution in [2.75, 3.05) is 6.54 Å². The molecule has 1 unspecified atom stereocenters. The number of unbranched alkanes of at least 4 members (excludes halogenated alkanes) is 46. The highest BCUT2D eigenvalue weighted by Gasteiger charge is 2.36. The monoisotopic (exact) mass is 1680 g/mol. The third-order valence-corrected chi connectivity index (χ3v) is 28.3. The Morgan fingerprint density at radius 1 is 0.208 bits per heavy atom. The number of amides is 2. The molecule has 0 spiro atoms. The molecule has 0 fully saturated rings. The van der Waals surface area contributed by atoms with E-state index < -0.39 is 0 Å². The summed E-state index contributed by atoms with van der Waals surface area (Å²) in [6, 6.07) is 69.9. The Morgan fingerprint density at radius 3 is 0.656 bits per heavy atom. The predicted octanol–water partition coefficient (Wildman–Crippen LogP) is 38.6. The van der Waals surface area contributed by atoms with Crippen LogP contribution in [0.2, 0.25) is 0 Å². The van der Waals surface area contributed by atoms with E-state index in [1.54, 1.807) is 4.90 Å². The fourth-order valence-corrected chi connectivity index (χ4v) is 20.3. The number of carbonyl (C=O) groups is 2. The van der Waals surface area contributed by atoms with Crippen LogP contribution >= 0.6 is 0 Å². The molecule has 0 bridgehead atoms. The van der Waals surface area contributed by atoms with Crippen molar-refractivity contribution in [2.45, 2.75) is 427 Å². The fraction of sp³-hybridized carbons (Fsp3) is 0.557. The van der Waals surface area contributed by atoms with Crippen LogP contribution in [0.1, 0.15) is 444 Å². The zero-order valence-electron chi connectivity index (χ0n) is 80.5. The van der Waals surface area contributed by atoms with Gasteiger partial charge in [-0.05, 0) is 200 Å². The zero-order valence-corrected chi connectivity index (χ0v) is 80.5. The van der Waals surface area contributed by atoms with E-state index >= 15 is 0 Å². The molecule has 9 aromatic carbocycles. The van der Waals surface area contributed by atoms with Crippen molar-refractivity contribution in [1.82, 2.24) is 4.90 Å². The van der Waals surface area contributed by atoms with Crippen LogP contribution in [0.4, 0.5) is 0 Å². The molecule has 9 aromatic rings. The van der Waals surface area contributed by atoms with E-state index in [2.05, 4.69) is 206 Å². The largest absolute Gasteiger partial charge is 0.274 e. The quantitative estimate of drug-likeness (QED) is 0.0281. The second kappa shape index (κ2) is 58.8. The van der Waals surface area contributed by atoms with Gasteiger partial charge in [0.15, 0.2) is 0 Å². The number of hydrogen-bond acceptors (Lipinski definition) is 2. The van der Waals surface area contributed by atoms with Gasteiger partial charge in [0, 0.05) is 23.1 Å². The van der Waals surface area contributed by atoms with E-state index in [1.165, 1.54) is 410 Å². The van der Waals surface area contributed by atoms with Gasteiger partial charge in [0.25, 0.3) is 11.8 Å². The van der Waals surface area contributed by atoms with E-state index in [0.29, 0.717) is 17.7 Å². The first-order valence-corrected chi connectivity index (χ1v) is 52.9. The van der Waals surface area contributed by atoms with Gasteiger partial charge in [-0.2, -0.15) is 0 Å². The number of nitrogens with zero attached hydrogens (tertiary/aromatic N) is 1. The Kier molecular flexibility index (Phi) is 46.8. The summed E-state index contributed by atoms with van der Waals surface area (Å²) in [6.07, 6.45) is 76.2. The summed E-state index contributed by atoms with van der Waals surface area (Å²) >= 11 is 0. The second-order valence-electron chi connectivity index (χ2n) is 38.5. The topological polar surface area (TPSA) is 37.4 Å². The summed E-state index contributed by atoms with van der Waals surface area (Å²) in [5.41, 5.74) is 25.5. The van der Waals surface area contributed by atoms with Crippen LogP contribution in [0.25, 0.3) is 88.7 Å². The molecule has 676 valence electrons. The number of benzene rings is 9. The summed E-state index contributed by atoms with van der Waals surface area (Å²) in [7, 11) is 0. The Hall–Kier alpha value is -7.62. The first kappa shape index (κ1) is 99.5. The van der Waals surface area contributed by atoms with E-state index in [9.17, 15) is 9.59 Å². The van der Waals surface area contributed by atoms with E-state index in [4.69, 9.17) is 0 Å². The third-order valence-electron chi connectivity index (χ3n) is 28.3. The Morgan fingerprint density at radius 2 is 0.416 bits per heavy atom.